The van der Waals surface area contributed by atoms with Crippen LogP contribution in [0.3, 0.4) is 0 Å². The second-order valence-electron chi connectivity index (χ2n) is 3.30. The van der Waals surface area contributed by atoms with Crippen LogP contribution >= 0.6 is 0 Å². The number of rotatable bonds is 4. The number of amidine groups is 1. The predicted octanol–water partition coefficient (Wildman–Crippen LogP) is 0.113. The molecule has 0 aromatic rings. The van der Waals surface area contributed by atoms with Crippen LogP contribution in [-0.4, -0.2) is 35.7 Å². The van der Waals surface area contributed by atoms with Gasteiger partial charge in [0.05, 0.1) is 0 Å². The van der Waals surface area contributed by atoms with E-state index in [-0.39, 0.29) is 5.84 Å². The van der Waals surface area contributed by atoms with Crippen LogP contribution in [0.5, 0.6) is 0 Å². The van der Waals surface area contributed by atoms with E-state index in [1.807, 2.05) is 0 Å². The highest BCUT2D eigenvalue weighted by molar-refractivity contribution is 5.79. The number of hydrogen-bond acceptors (Lipinski definition) is 4. The molecule has 0 aromatic carbocycles. The fourth-order valence-corrected chi connectivity index (χ4v) is 1.44. The van der Waals surface area contributed by atoms with Crippen molar-refractivity contribution in [1.29, 1.82) is 0 Å². The van der Waals surface area contributed by atoms with Gasteiger partial charge in [-0.3, -0.25) is 5.43 Å². The third-order valence-electron chi connectivity index (χ3n) is 2.20. The Morgan fingerprint density at radius 1 is 1.38 bits per heavy atom. The van der Waals surface area contributed by atoms with Crippen molar-refractivity contribution in [3.8, 4) is 0 Å². The van der Waals surface area contributed by atoms with E-state index in [4.69, 9.17) is 10.9 Å². The van der Waals surface area contributed by atoms with Crippen LogP contribution < -0.4 is 11.2 Å². The molecule has 5 heteroatoms. The molecule has 0 aliphatic carbocycles. The van der Waals surface area contributed by atoms with E-state index in [1.165, 1.54) is 19.3 Å². The smallest absolute Gasteiger partial charge is 0.140 e. The lowest BCUT2D eigenvalue weighted by molar-refractivity contribution is 0.156. The molecule has 0 bridgehead atoms. The second-order valence-corrected chi connectivity index (χ2v) is 3.30. The minimum absolute atomic E-state index is 0.282. The average molecular weight is 186 g/mol. The Kier molecular flexibility index (Phi) is 4.56. The van der Waals surface area contributed by atoms with Gasteiger partial charge in [0.15, 0.2) is 0 Å². The summed E-state index contributed by atoms with van der Waals surface area (Å²) in [5.41, 5.74) is 8.58. The number of piperidine rings is 1. The Balaban J connectivity index is 2.04. The van der Waals surface area contributed by atoms with Crippen LogP contribution in [0.1, 0.15) is 25.7 Å². The molecule has 0 radical (unpaired) electrons. The van der Waals surface area contributed by atoms with Gasteiger partial charge in [-0.2, -0.15) is 0 Å². The number of hydrogen-bond donors (Lipinski definition) is 3. The van der Waals surface area contributed by atoms with Crippen molar-refractivity contribution in [2.45, 2.75) is 25.7 Å². The predicted molar refractivity (Wildman–Crippen MR) is 51.5 cm³/mol. The molecule has 0 spiro atoms. The highest BCUT2D eigenvalue weighted by atomic mass is 16.4. The van der Waals surface area contributed by atoms with Crippen molar-refractivity contribution >= 4 is 5.84 Å². The van der Waals surface area contributed by atoms with Gasteiger partial charge in [0, 0.05) is 26.1 Å². The molecule has 0 unspecified atom stereocenters. The molecule has 1 fully saturated rings. The lowest BCUT2D eigenvalue weighted by atomic mass is 10.2. The highest BCUT2D eigenvalue weighted by Crippen LogP contribution is 2.05. The molecule has 5 nitrogen and oxygen atoms in total. The van der Waals surface area contributed by atoms with Crippen molar-refractivity contribution in [1.82, 2.24) is 10.4 Å². The molecular weight excluding hydrogens is 168 g/mol. The first-order valence-electron chi connectivity index (χ1n) is 4.78. The zero-order valence-electron chi connectivity index (χ0n) is 7.87. The summed E-state index contributed by atoms with van der Waals surface area (Å²) in [6.45, 7) is 2.96. The van der Waals surface area contributed by atoms with Crippen molar-refractivity contribution in [3.63, 3.8) is 0 Å². The summed E-state index contributed by atoms with van der Waals surface area (Å²) in [5.74, 6) is 0.282. The summed E-state index contributed by atoms with van der Waals surface area (Å²) in [7, 11) is 0. The van der Waals surface area contributed by atoms with E-state index >= 15 is 0 Å². The quantitative estimate of drug-likeness (QED) is 0.252. The van der Waals surface area contributed by atoms with Gasteiger partial charge >= 0.3 is 0 Å². The van der Waals surface area contributed by atoms with Gasteiger partial charge in [0.2, 0.25) is 0 Å². The zero-order chi connectivity index (χ0) is 9.52. The zero-order valence-corrected chi connectivity index (χ0v) is 7.87. The van der Waals surface area contributed by atoms with Gasteiger partial charge in [-0.1, -0.05) is 11.6 Å². The maximum atomic E-state index is 8.29. The van der Waals surface area contributed by atoms with Gasteiger partial charge in [-0.25, -0.2) is 5.01 Å². The Hall–Kier alpha value is -0.810. The van der Waals surface area contributed by atoms with Gasteiger partial charge < -0.3 is 10.9 Å². The number of hydrazine groups is 1. The van der Waals surface area contributed by atoms with Gasteiger partial charge in [-0.15, -0.1) is 0 Å². The summed E-state index contributed by atoms with van der Waals surface area (Å²) in [6, 6.07) is 0. The van der Waals surface area contributed by atoms with Gasteiger partial charge in [0.25, 0.3) is 0 Å². The maximum Gasteiger partial charge on any atom is 0.140 e. The molecule has 0 amide bonds. The summed E-state index contributed by atoms with van der Waals surface area (Å²) in [5, 5.41) is 13.4. The molecular formula is C8H18N4O. The van der Waals surface area contributed by atoms with Crippen molar-refractivity contribution < 1.29 is 5.21 Å². The molecule has 0 atom stereocenters. The number of nitrogens with zero attached hydrogens (tertiary/aromatic N) is 2. The van der Waals surface area contributed by atoms with E-state index in [9.17, 15) is 0 Å². The highest BCUT2D eigenvalue weighted by Gasteiger charge is 2.08. The standard InChI is InChI=1S/C8H18N4O/c9-8(11-13)4-5-10-12-6-2-1-3-7-12/h10,13H,1-7H2,(H2,9,11). The first-order valence-corrected chi connectivity index (χ1v) is 4.78. The molecule has 1 heterocycles. The molecule has 76 valence electrons. The molecule has 1 rings (SSSR count). The molecule has 1 aliphatic rings. The van der Waals surface area contributed by atoms with Crippen LogP contribution in [0.2, 0.25) is 0 Å². The minimum Gasteiger partial charge on any atom is -0.409 e. The largest absolute Gasteiger partial charge is 0.409 e. The summed E-state index contributed by atoms with van der Waals surface area (Å²) in [4.78, 5) is 0. The van der Waals surface area contributed by atoms with Gasteiger partial charge in [0.1, 0.15) is 5.84 Å². The van der Waals surface area contributed by atoms with Crippen LogP contribution in [0.15, 0.2) is 5.16 Å². The molecule has 0 saturated carbocycles. The normalized spacial score (nSPS) is 20.5. The maximum absolute atomic E-state index is 8.29. The lowest BCUT2D eigenvalue weighted by Gasteiger charge is -2.26. The molecule has 1 saturated heterocycles. The Morgan fingerprint density at radius 2 is 2.08 bits per heavy atom. The Bertz CT molecular complexity index is 166. The van der Waals surface area contributed by atoms with Crippen molar-refractivity contribution in [3.05, 3.63) is 0 Å². The molecule has 4 N–H and O–H groups in total. The molecule has 0 aromatic heterocycles. The molecule has 13 heavy (non-hydrogen) atoms. The van der Waals surface area contributed by atoms with Crippen LogP contribution in [-0.2, 0) is 0 Å². The average Bonchev–Trinajstić information content (AvgIpc) is 2.19. The fraction of sp³-hybridized carbons (Fsp3) is 0.875. The number of oxime groups is 1. The van der Waals surface area contributed by atoms with Crippen LogP contribution in [0, 0.1) is 0 Å². The summed E-state index contributed by atoms with van der Waals surface area (Å²) in [6.07, 6.45) is 4.44. The first-order chi connectivity index (χ1) is 6.33. The van der Waals surface area contributed by atoms with Crippen LogP contribution in [0.4, 0.5) is 0 Å². The minimum atomic E-state index is 0.282. The van der Waals surface area contributed by atoms with E-state index in [0.717, 1.165) is 19.6 Å². The topological polar surface area (TPSA) is 73.9 Å². The molecule has 1 aliphatic heterocycles. The van der Waals surface area contributed by atoms with Crippen LogP contribution in [0.25, 0.3) is 0 Å². The van der Waals surface area contributed by atoms with E-state index in [0.29, 0.717) is 6.42 Å². The van der Waals surface area contributed by atoms with Crippen molar-refractivity contribution in [2.75, 3.05) is 19.6 Å². The van der Waals surface area contributed by atoms with Crippen molar-refractivity contribution in [2.24, 2.45) is 10.9 Å². The first kappa shape index (κ1) is 10.3. The SMILES string of the molecule is NC(CCNN1CCCCC1)=NO. The van der Waals surface area contributed by atoms with E-state index in [2.05, 4.69) is 15.6 Å². The van der Waals surface area contributed by atoms with Gasteiger partial charge in [-0.05, 0) is 12.8 Å². The summed E-state index contributed by atoms with van der Waals surface area (Å²) >= 11 is 0. The fourth-order valence-electron chi connectivity index (χ4n) is 1.44. The second kappa shape index (κ2) is 5.77. The third-order valence-corrected chi connectivity index (χ3v) is 2.20. The summed E-state index contributed by atoms with van der Waals surface area (Å²) < 4.78 is 0. The van der Waals surface area contributed by atoms with E-state index in [1.54, 1.807) is 0 Å². The lowest BCUT2D eigenvalue weighted by Crippen LogP contribution is -2.42. The third kappa shape index (κ3) is 4.10. The Morgan fingerprint density at radius 3 is 2.69 bits per heavy atom. The number of nitrogens with one attached hydrogen (secondary N) is 1. The monoisotopic (exact) mass is 186 g/mol. The number of nitrogens with two attached hydrogens (primary N) is 1. The van der Waals surface area contributed by atoms with E-state index < -0.39 is 0 Å². The Labute approximate surface area is 78.6 Å².